The minimum atomic E-state index is -0.108. The van der Waals surface area contributed by atoms with Gasteiger partial charge in [-0.05, 0) is 23.6 Å². The van der Waals surface area contributed by atoms with Crippen molar-refractivity contribution >= 4 is 11.6 Å². The second-order valence-electron chi connectivity index (χ2n) is 4.85. The first-order valence-electron chi connectivity index (χ1n) is 6.70. The number of fused-ring (bicyclic) bond motifs is 1. The summed E-state index contributed by atoms with van der Waals surface area (Å²) in [5.41, 5.74) is 7.68. The van der Waals surface area contributed by atoms with E-state index in [0.717, 1.165) is 11.3 Å². The van der Waals surface area contributed by atoms with Crippen molar-refractivity contribution in [1.29, 1.82) is 0 Å². The van der Waals surface area contributed by atoms with E-state index in [1.54, 1.807) is 0 Å². The fraction of sp³-hybridized carbons (Fsp3) is 0.400. The van der Waals surface area contributed by atoms with E-state index >= 15 is 0 Å². The molecule has 4 nitrogen and oxygen atoms in total. The number of halogens is 1. The molecular weight excluding hydrogens is 259 g/mol. The molecular formula is C15H19FN2O2. The number of amides is 1. The molecule has 0 fully saturated rings. The molecule has 2 rings (SSSR count). The fourth-order valence-corrected chi connectivity index (χ4v) is 2.17. The van der Waals surface area contributed by atoms with Crippen molar-refractivity contribution in [1.82, 2.24) is 0 Å². The Kier molecular flexibility index (Phi) is 5.26. The van der Waals surface area contributed by atoms with Crippen LogP contribution in [0.15, 0.2) is 36.2 Å². The summed E-state index contributed by atoms with van der Waals surface area (Å²) in [4.78, 5) is 11.7. The molecule has 0 saturated carbocycles. The van der Waals surface area contributed by atoms with Gasteiger partial charge < -0.3 is 15.8 Å². The number of nitrogens with two attached hydrogens (primary N) is 1. The van der Waals surface area contributed by atoms with Gasteiger partial charge in [-0.1, -0.05) is 18.2 Å². The molecule has 0 bridgehead atoms. The molecule has 1 atom stereocenters. The molecule has 1 aromatic carbocycles. The summed E-state index contributed by atoms with van der Waals surface area (Å²) >= 11 is 0. The second kappa shape index (κ2) is 7.17. The van der Waals surface area contributed by atoms with Crippen LogP contribution in [0.3, 0.4) is 0 Å². The lowest BCUT2D eigenvalue weighted by molar-refractivity contribution is -0.117. The van der Waals surface area contributed by atoms with Crippen molar-refractivity contribution in [2.24, 2.45) is 5.73 Å². The number of hydrogen-bond donors (Lipinski definition) is 2. The summed E-state index contributed by atoms with van der Waals surface area (Å²) in [7, 11) is 0. The average molecular weight is 278 g/mol. The molecule has 1 aliphatic heterocycles. The lowest BCUT2D eigenvalue weighted by atomic mass is 10.00. The Bertz CT molecular complexity index is 502. The first kappa shape index (κ1) is 14.7. The van der Waals surface area contributed by atoms with Crippen LogP contribution >= 0.6 is 0 Å². The Balaban J connectivity index is 2.07. The van der Waals surface area contributed by atoms with Gasteiger partial charge in [-0.2, -0.15) is 0 Å². The van der Waals surface area contributed by atoms with Crippen molar-refractivity contribution in [2.75, 3.05) is 18.5 Å². The largest absolute Gasteiger partial charge is 0.373 e. The number of para-hydroxylation sites is 1. The van der Waals surface area contributed by atoms with Gasteiger partial charge in [0, 0.05) is 25.1 Å². The van der Waals surface area contributed by atoms with E-state index in [0.29, 0.717) is 31.2 Å². The molecule has 1 amide bonds. The molecule has 1 heterocycles. The molecule has 1 unspecified atom stereocenters. The Morgan fingerprint density at radius 2 is 2.30 bits per heavy atom. The van der Waals surface area contributed by atoms with E-state index in [4.69, 9.17) is 10.5 Å². The van der Waals surface area contributed by atoms with E-state index in [9.17, 15) is 9.18 Å². The van der Waals surface area contributed by atoms with Crippen LogP contribution < -0.4 is 11.1 Å². The summed E-state index contributed by atoms with van der Waals surface area (Å²) in [5.74, 6) is -0.0224. The van der Waals surface area contributed by atoms with E-state index in [1.807, 2.05) is 24.3 Å². The summed E-state index contributed by atoms with van der Waals surface area (Å²) in [6.45, 7) is 0.307. The number of hydrogen-bond acceptors (Lipinski definition) is 3. The molecule has 3 N–H and O–H groups in total. The highest BCUT2D eigenvalue weighted by Crippen LogP contribution is 2.23. The van der Waals surface area contributed by atoms with Gasteiger partial charge >= 0.3 is 0 Å². The van der Waals surface area contributed by atoms with Crippen LogP contribution in [-0.2, 0) is 16.0 Å². The van der Waals surface area contributed by atoms with Crippen molar-refractivity contribution < 1.29 is 13.9 Å². The molecule has 0 saturated heterocycles. The van der Waals surface area contributed by atoms with E-state index in [-0.39, 0.29) is 25.2 Å². The maximum Gasteiger partial charge on any atom is 0.224 e. The van der Waals surface area contributed by atoms with Crippen LogP contribution in [0.25, 0.3) is 0 Å². The Hall–Kier alpha value is -1.72. The third-order valence-electron chi connectivity index (χ3n) is 3.35. The average Bonchev–Trinajstić information content (AvgIpc) is 2.45. The lowest BCUT2D eigenvalue weighted by Crippen LogP contribution is -2.25. The van der Waals surface area contributed by atoms with Crippen molar-refractivity contribution in [3.05, 3.63) is 41.7 Å². The smallest absolute Gasteiger partial charge is 0.224 e. The zero-order chi connectivity index (χ0) is 14.4. The number of ether oxygens (including phenoxy) is 1. The number of carbonyl (C=O) groups excluding carboxylic acids is 1. The number of carbonyl (C=O) groups is 1. The molecule has 108 valence electrons. The lowest BCUT2D eigenvalue weighted by Gasteiger charge is -2.23. The molecule has 0 aliphatic carbocycles. The van der Waals surface area contributed by atoms with E-state index in [1.165, 1.54) is 0 Å². The minimum absolute atomic E-state index is 0.0224. The van der Waals surface area contributed by atoms with Crippen LogP contribution in [-0.4, -0.2) is 25.2 Å². The second-order valence-corrected chi connectivity index (χ2v) is 4.85. The van der Waals surface area contributed by atoms with Gasteiger partial charge in [0.25, 0.3) is 0 Å². The van der Waals surface area contributed by atoms with E-state index in [2.05, 4.69) is 5.32 Å². The maximum atomic E-state index is 12.5. The molecule has 0 spiro atoms. The van der Waals surface area contributed by atoms with Crippen LogP contribution in [0, 0.1) is 0 Å². The summed E-state index contributed by atoms with van der Waals surface area (Å²) < 4.78 is 18.2. The summed E-state index contributed by atoms with van der Waals surface area (Å²) in [6, 6.07) is 7.65. The number of anilines is 1. The van der Waals surface area contributed by atoms with Gasteiger partial charge in [0.2, 0.25) is 5.91 Å². The molecule has 0 radical (unpaired) electrons. The SMILES string of the molecule is NC/C(=C\F)COC1CCC(=O)Nc2ccccc2C1. The third kappa shape index (κ3) is 3.88. The topological polar surface area (TPSA) is 64.3 Å². The quantitative estimate of drug-likeness (QED) is 0.887. The molecule has 20 heavy (non-hydrogen) atoms. The highest BCUT2D eigenvalue weighted by atomic mass is 19.1. The van der Waals surface area contributed by atoms with Gasteiger partial charge in [0.1, 0.15) is 0 Å². The van der Waals surface area contributed by atoms with Crippen molar-refractivity contribution in [3.8, 4) is 0 Å². The minimum Gasteiger partial charge on any atom is -0.373 e. The first-order chi connectivity index (χ1) is 9.72. The van der Waals surface area contributed by atoms with Crippen molar-refractivity contribution in [3.63, 3.8) is 0 Å². The van der Waals surface area contributed by atoms with Gasteiger partial charge in [0.15, 0.2) is 0 Å². The van der Waals surface area contributed by atoms with E-state index < -0.39 is 0 Å². The molecule has 5 heteroatoms. The Morgan fingerprint density at radius 1 is 1.50 bits per heavy atom. The van der Waals surface area contributed by atoms with Gasteiger partial charge in [0.05, 0.1) is 19.0 Å². The normalized spacial score (nSPS) is 19.8. The number of nitrogens with one attached hydrogen (secondary N) is 1. The summed E-state index contributed by atoms with van der Waals surface area (Å²) in [6.07, 6.45) is 2.09. The molecule has 1 aliphatic rings. The molecule has 0 aromatic heterocycles. The van der Waals surface area contributed by atoms with Gasteiger partial charge in [-0.25, -0.2) is 4.39 Å². The van der Waals surface area contributed by atoms with Crippen molar-refractivity contribution in [2.45, 2.75) is 25.4 Å². The third-order valence-corrected chi connectivity index (χ3v) is 3.35. The van der Waals surface area contributed by atoms with Crippen LogP contribution in [0.1, 0.15) is 18.4 Å². The highest BCUT2D eigenvalue weighted by molar-refractivity contribution is 5.91. The van der Waals surface area contributed by atoms with Gasteiger partial charge in [-0.3, -0.25) is 4.79 Å². The van der Waals surface area contributed by atoms with Crippen LogP contribution in [0.5, 0.6) is 0 Å². The fourth-order valence-electron chi connectivity index (χ4n) is 2.17. The van der Waals surface area contributed by atoms with Gasteiger partial charge in [-0.15, -0.1) is 0 Å². The predicted octanol–water partition coefficient (Wildman–Crippen LogP) is 2.16. The maximum absolute atomic E-state index is 12.5. The summed E-state index contributed by atoms with van der Waals surface area (Å²) in [5, 5.41) is 2.88. The zero-order valence-corrected chi connectivity index (χ0v) is 11.3. The standard InChI is InChI=1S/C15H19FN2O2/c16-8-11(9-17)10-20-13-5-6-15(19)18-14-4-2-1-3-12(14)7-13/h1-4,8,13H,5-7,9-10,17H2,(H,18,19)/b11-8+. The number of benzene rings is 1. The Morgan fingerprint density at radius 3 is 3.05 bits per heavy atom. The van der Waals surface area contributed by atoms with Crippen LogP contribution in [0.4, 0.5) is 10.1 Å². The monoisotopic (exact) mass is 278 g/mol. The predicted molar refractivity (Wildman–Crippen MR) is 76.0 cm³/mol. The number of rotatable bonds is 4. The highest BCUT2D eigenvalue weighted by Gasteiger charge is 2.19. The van der Waals surface area contributed by atoms with Crippen LogP contribution in [0.2, 0.25) is 0 Å². The first-order valence-corrected chi connectivity index (χ1v) is 6.70. The molecule has 1 aromatic rings. The zero-order valence-electron chi connectivity index (χ0n) is 11.3. The Labute approximate surface area is 117 Å².